The highest BCUT2D eigenvalue weighted by molar-refractivity contribution is 5.30. The van der Waals surface area contributed by atoms with E-state index in [9.17, 15) is 5.11 Å². The number of benzene rings is 1. The summed E-state index contributed by atoms with van der Waals surface area (Å²) in [5.74, 6) is 1.75. The van der Waals surface area contributed by atoms with Gasteiger partial charge in [-0.15, -0.1) is 0 Å². The fourth-order valence-corrected chi connectivity index (χ4v) is 2.30. The van der Waals surface area contributed by atoms with Crippen molar-refractivity contribution in [3.05, 3.63) is 59.1 Å². The highest BCUT2D eigenvalue weighted by Gasteiger charge is 2.20. The van der Waals surface area contributed by atoms with E-state index in [-0.39, 0.29) is 5.92 Å². The molecule has 0 spiro atoms. The van der Waals surface area contributed by atoms with E-state index < -0.39 is 0 Å². The average Bonchev–Trinajstić information content (AvgIpc) is 2.38. The first-order valence-electron chi connectivity index (χ1n) is 6.50. The SMILES string of the molecule is CCC1=C(OCc2ccccc2)C(C)CC(O)=C1. The zero-order valence-electron chi connectivity index (χ0n) is 11.0. The van der Waals surface area contributed by atoms with E-state index >= 15 is 0 Å². The first-order valence-corrected chi connectivity index (χ1v) is 6.50. The van der Waals surface area contributed by atoms with Crippen molar-refractivity contribution in [3.8, 4) is 0 Å². The maximum Gasteiger partial charge on any atom is 0.113 e. The summed E-state index contributed by atoms with van der Waals surface area (Å²) in [6.45, 7) is 4.78. The second-order valence-electron chi connectivity index (χ2n) is 4.76. The lowest BCUT2D eigenvalue weighted by Crippen LogP contribution is -2.12. The first kappa shape index (κ1) is 12.7. The average molecular weight is 244 g/mol. The number of aliphatic hydroxyl groups excluding tert-OH is 1. The van der Waals surface area contributed by atoms with Crippen LogP contribution in [0.4, 0.5) is 0 Å². The number of hydrogen-bond donors (Lipinski definition) is 1. The molecule has 1 aromatic carbocycles. The molecule has 0 saturated heterocycles. The molecule has 2 heteroatoms. The zero-order chi connectivity index (χ0) is 13.0. The molecular formula is C16H20O2. The molecule has 0 radical (unpaired) electrons. The zero-order valence-corrected chi connectivity index (χ0v) is 11.0. The highest BCUT2D eigenvalue weighted by atomic mass is 16.5. The largest absolute Gasteiger partial charge is 0.512 e. The van der Waals surface area contributed by atoms with Crippen LogP contribution in [0.15, 0.2) is 53.5 Å². The van der Waals surface area contributed by atoms with Crippen LogP contribution in [-0.2, 0) is 11.3 Å². The molecule has 18 heavy (non-hydrogen) atoms. The third-order valence-corrected chi connectivity index (χ3v) is 3.24. The van der Waals surface area contributed by atoms with Gasteiger partial charge in [-0.3, -0.25) is 0 Å². The number of allylic oxidation sites excluding steroid dienone is 4. The van der Waals surface area contributed by atoms with Gasteiger partial charge in [0.25, 0.3) is 0 Å². The molecule has 0 aromatic heterocycles. The van der Waals surface area contributed by atoms with Crippen molar-refractivity contribution < 1.29 is 9.84 Å². The summed E-state index contributed by atoms with van der Waals surface area (Å²) in [6.07, 6.45) is 3.41. The van der Waals surface area contributed by atoms with Gasteiger partial charge in [-0.25, -0.2) is 0 Å². The van der Waals surface area contributed by atoms with Crippen LogP contribution in [0.1, 0.15) is 32.3 Å². The van der Waals surface area contributed by atoms with Crippen molar-refractivity contribution in [2.24, 2.45) is 5.92 Å². The summed E-state index contributed by atoms with van der Waals surface area (Å²) in [5, 5.41) is 9.66. The number of ether oxygens (including phenoxy) is 1. The van der Waals surface area contributed by atoms with Crippen molar-refractivity contribution in [1.82, 2.24) is 0 Å². The Morgan fingerprint density at radius 3 is 2.67 bits per heavy atom. The Morgan fingerprint density at radius 1 is 1.28 bits per heavy atom. The van der Waals surface area contributed by atoms with Crippen LogP contribution in [-0.4, -0.2) is 5.11 Å². The highest BCUT2D eigenvalue weighted by Crippen LogP contribution is 2.31. The quantitative estimate of drug-likeness (QED) is 0.853. The normalized spacial score (nSPS) is 19.7. The van der Waals surface area contributed by atoms with Gasteiger partial charge in [-0.1, -0.05) is 44.2 Å². The molecule has 2 nitrogen and oxygen atoms in total. The van der Waals surface area contributed by atoms with E-state index in [1.165, 1.54) is 5.56 Å². The van der Waals surface area contributed by atoms with Gasteiger partial charge in [0.2, 0.25) is 0 Å². The van der Waals surface area contributed by atoms with E-state index in [2.05, 4.69) is 26.0 Å². The van der Waals surface area contributed by atoms with E-state index in [4.69, 9.17) is 4.74 Å². The van der Waals surface area contributed by atoms with Gasteiger partial charge in [-0.2, -0.15) is 0 Å². The minimum absolute atomic E-state index is 0.258. The second-order valence-corrected chi connectivity index (χ2v) is 4.76. The molecule has 1 atom stereocenters. The monoisotopic (exact) mass is 244 g/mol. The minimum Gasteiger partial charge on any atom is -0.512 e. The number of aliphatic hydroxyl groups is 1. The Kier molecular flexibility index (Phi) is 4.08. The molecule has 1 N–H and O–H groups in total. The summed E-state index contributed by atoms with van der Waals surface area (Å²) >= 11 is 0. The third kappa shape index (κ3) is 2.95. The van der Waals surface area contributed by atoms with Gasteiger partial charge >= 0.3 is 0 Å². The van der Waals surface area contributed by atoms with Crippen LogP contribution in [0.5, 0.6) is 0 Å². The van der Waals surface area contributed by atoms with Gasteiger partial charge in [0, 0.05) is 12.3 Å². The van der Waals surface area contributed by atoms with Crippen molar-refractivity contribution in [3.63, 3.8) is 0 Å². The van der Waals surface area contributed by atoms with Crippen LogP contribution in [0.2, 0.25) is 0 Å². The predicted octanol–water partition coefficient (Wildman–Crippen LogP) is 4.35. The molecule has 96 valence electrons. The predicted molar refractivity (Wildman–Crippen MR) is 73.0 cm³/mol. The van der Waals surface area contributed by atoms with E-state index in [1.54, 1.807) is 0 Å². The molecule has 1 aromatic rings. The maximum absolute atomic E-state index is 9.66. The Balaban J connectivity index is 2.11. The number of rotatable bonds is 4. The lowest BCUT2D eigenvalue weighted by molar-refractivity contribution is 0.156. The van der Waals surface area contributed by atoms with Crippen LogP contribution in [0.3, 0.4) is 0 Å². The van der Waals surface area contributed by atoms with Crippen LogP contribution < -0.4 is 0 Å². The van der Waals surface area contributed by atoms with Gasteiger partial charge in [0.15, 0.2) is 0 Å². The number of hydrogen-bond acceptors (Lipinski definition) is 2. The Morgan fingerprint density at radius 2 is 2.00 bits per heavy atom. The summed E-state index contributed by atoms with van der Waals surface area (Å²) in [7, 11) is 0. The topological polar surface area (TPSA) is 29.5 Å². The molecule has 0 heterocycles. The van der Waals surface area contributed by atoms with E-state index in [0.717, 1.165) is 17.8 Å². The van der Waals surface area contributed by atoms with Crippen molar-refractivity contribution in [2.75, 3.05) is 0 Å². The van der Waals surface area contributed by atoms with Gasteiger partial charge in [-0.05, 0) is 23.6 Å². The van der Waals surface area contributed by atoms with Crippen molar-refractivity contribution in [1.29, 1.82) is 0 Å². The molecule has 0 bridgehead atoms. The van der Waals surface area contributed by atoms with Crippen molar-refractivity contribution >= 4 is 0 Å². The van der Waals surface area contributed by atoms with Gasteiger partial charge < -0.3 is 9.84 Å². The van der Waals surface area contributed by atoms with Crippen LogP contribution >= 0.6 is 0 Å². The Bertz CT molecular complexity index is 457. The summed E-state index contributed by atoms with van der Waals surface area (Å²) in [6, 6.07) is 10.2. The molecule has 1 unspecified atom stereocenters. The maximum atomic E-state index is 9.66. The van der Waals surface area contributed by atoms with Crippen LogP contribution in [0.25, 0.3) is 0 Å². The minimum atomic E-state index is 0.258. The lowest BCUT2D eigenvalue weighted by Gasteiger charge is -2.23. The fraction of sp³-hybridized carbons (Fsp3) is 0.375. The summed E-state index contributed by atoms with van der Waals surface area (Å²) in [4.78, 5) is 0. The Labute approximate surface area is 109 Å². The standard InChI is InChI=1S/C16H20O2/c1-3-14-10-15(17)9-12(2)16(14)18-11-13-7-5-4-6-8-13/h4-8,10,12,17H,3,9,11H2,1-2H3. The fourth-order valence-electron chi connectivity index (χ4n) is 2.30. The molecule has 2 rings (SSSR count). The van der Waals surface area contributed by atoms with Crippen molar-refractivity contribution in [2.45, 2.75) is 33.3 Å². The molecule has 1 aliphatic rings. The van der Waals surface area contributed by atoms with E-state index in [1.807, 2.05) is 24.3 Å². The summed E-state index contributed by atoms with van der Waals surface area (Å²) in [5.41, 5.74) is 2.29. The molecule has 0 saturated carbocycles. The van der Waals surface area contributed by atoms with Gasteiger partial charge in [0.05, 0.1) is 5.76 Å². The Hall–Kier alpha value is -1.70. The second kappa shape index (κ2) is 5.76. The molecule has 0 aliphatic heterocycles. The molecule has 1 aliphatic carbocycles. The lowest BCUT2D eigenvalue weighted by atomic mass is 9.93. The summed E-state index contributed by atoms with van der Waals surface area (Å²) < 4.78 is 5.96. The van der Waals surface area contributed by atoms with Gasteiger partial charge in [0.1, 0.15) is 12.4 Å². The smallest absolute Gasteiger partial charge is 0.113 e. The van der Waals surface area contributed by atoms with E-state index in [0.29, 0.717) is 18.8 Å². The molecule has 0 amide bonds. The van der Waals surface area contributed by atoms with Crippen LogP contribution in [0, 0.1) is 5.92 Å². The third-order valence-electron chi connectivity index (χ3n) is 3.24. The molecule has 0 fully saturated rings. The first-order chi connectivity index (χ1) is 8.70. The molecular weight excluding hydrogens is 224 g/mol.